The minimum Gasteiger partial charge on any atom is -0.489 e. The molecule has 3 aromatic heterocycles. The van der Waals surface area contributed by atoms with E-state index in [2.05, 4.69) is 16.5 Å². The van der Waals surface area contributed by atoms with Crippen LogP contribution in [0.25, 0.3) is 28.0 Å². The Labute approximate surface area is 240 Å². The van der Waals surface area contributed by atoms with Gasteiger partial charge in [0.15, 0.2) is 11.4 Å². The predicted molar refractivity (Wildman–Crippen MR) is 156 cm³/mol. The van der Waals surface area contributed by atoms with Gasteiger partial charge in [-0.05, 0) is 42.7 Å². The standard InChI is InChI=1S/C30H28ClFN6O3/c1-5-21(39)36-11-12-37-20(14-36)15-41-27-22-28(37)35-30(40)38(26-17(4)9-10-33-24(26)16(2)3)29(22)34-25(23(27)31)18-7-6-8-19(32)13-18/h5-10,13,16,20H,1,11-12,14-15H2,2-4H3/t20-/m0/s1. The minimum absolute atomic E-state index is 0.00669. The molecule has 41 heavy (non-hydrogen) atoms. The van der Waals surface area contributed by atoms with Crippen molar-refractivity contribution in [1.29, 1.82) is 0 Å². The number of rotatable bonds is 4. The lowest BCUT2D eigenvalue weighted by atomic mass is 10.0. The molecule has 210 valence electrons. The summed E-state index contributed by atoms with van der Waals surface area (Å²) >= 11 is 6.97. The fraction of sp³-hybridized carbons (Fsp3) is 0.300. The average Bonchev–Trinajstić information content (AvgIpc) is 3.11. The molecule has 0 bridgehead atoms. The molecule has 0 N–H and O–H groups in total. The Hall–Kier alpha value is -4.31. The smallest absolute Gasteiger partial charge is 0.355 e. The van der Waals surface area contributed by atoms with Crippen LogP contribution in [0, 0.1) is 12.7 Å². The molecule has 11 heteroatoms. The summed E-state index contributed by atoms with van der Waals surface area (Å²) in [6.45, 7) is 10.9. The van der Waals surface area contributed by atoms with Crippen molar-refractivity contribution in [3.63, 3.8) is 0 Å². The van der Waals surface area contributed by atoms with Crippen molar-refractivity contribution >= 4 is 34.4 Å². The van der Waals surface area contributed by atoms with Gasteiger partial charge in [-0.3, -0.25) is 9.78 Å². The van der Waals surface area contributed by atoms with Gasteiger partial charge >= 0.3 is 5.69 Å². The van der Waals surface area contributed by atoms with E-state index < -0.39 is 11.5 Å². The molecule has 1 fully saturated rings. The number of hydrogen-bond donors (Lipinski definition) is 0. The van der Waals surface area contributed by atoms with Crippen molar-refractivity contribution in [3.05, 3.63) is 81.8 Å². The van der Waals surface area contributed by atoms with E-state index in [1.54, 1.807) is 23.2 Å². The summed E-state index contributed by atoms with van der Waals surface area (Å²) in [4.78, 5) is 44.2. The minimum atomic E-state index is -0.540. The number of piperazine rings is 1. The third kappa shape index (κ3) is 4.42. The zero-order chi connectivity index (χ0) is 29.0. The van der Waals surface area contributed by atoms with Crippen LogP contribution in [0.5, 0.6) is 5.75 Å². The third-order valence-electron chi connectivity index (χ3n) is 7.59. The summed E-state index contributed by atoms with van der Waals surface area (Å²) in [5.41, 5.74) is 2.56. The number of ether oxygens (including phenoxy) is 1. The number of anilines is 1. The zero-order valence-electron chi connectivity index (χ0n) is 22.9. The van der Waals surface area contributed by atoms with Crippen LogP contribution in [0.2, 0.25) is 5.02 Å². The Bertz CT molecular complexity index is 1790. The molecule has 1 aromatic carbocycles. The fourth-order valence-corrected chi connectivity index (χ4v) is 5.92. The Balaban J connectivity index is 1.69. The van der Waals surface area contributed by atoms with Crippen LogP contribution in [-0.4, -0.2) is 62.6 Å². The van der Waals surface area contributed by atoms with Crippen molar-refractivity contribution < 1.29 is 13.9 Å². The summed E-state index contributed by atoms with van der Waals surface area (Å²) in [7, 11) is 0. The molecular weight excluding hydrogens is 547 g/mol. The van der Waals surface area contributed by atoms with E-state index in [0.717, 1.165) is 5.56 Å². The van der Waals surface area contributed by atoms with Crippen LogP contribution in [0.3, 0.4) is 0 Å². The highest BCUT2D eigenvalue weighted by molar-refractivity contribution is 6.36. The highest BCUT2D eigenvalue weighted by atomic mass is 35.5. The van der Waals surface area contributed by atoms with Gasteiger partial charge in [0.25, 0.3) is 0 Å². The van der Waals surface area contributed by atoms with Crippen LogP contribution in [0.4, 0.5) is 10.2 Å². The molecular formula is C30H28ClFN6O3. The summed E-state index contributed by atoms with van der Waals surface area (Å²) in [6.07, 6.45) is 3.00. The molecule has 1 saturated heterocycles. The molecule has 0 aliphatic carbocycles. The first-order valence-corrected chi connectivity index (χ1v) is 13.8. The van der Waals surface area contributed by atoms with E-state index in [-0.39, 0.29) is 40.8 Å². The van der Waals surface area contributed by atoms with E-state index in [1.807, 2.05) is 31.7 Å². The zero-order valence-corrected chi connectivity index (χ0v) is 23.7. The van der Waals surface area contributed by atoms with Crippen molar-refractivity contribution in [2.24, 2.45) is 0 Å². The van der Waals surface area contributed by atoms with Gasteiger partial charge in [-0.25, -0.2) is 18.7 Å². The van der Waals surface area contributed by atoms with Gasteiger partial charge in [-0.2, -0.15) is 4.98 Å². The number of fused-ring (bicyclic) bond motifs is 2. The topological polar surface area (TPSA) is 93.5 Å². The van der Waals surface area contributed by atoms with Crippen LogP contribution >= 0.6 is 11.6 Å². The molecule has 5 heterocycles. The van der Waals surface area contributed by atoms with Gasteiger partial charge in [0.1, 0.15) is 28.7 Å². The molecule has 1 amide bonds. The maximum Gasteiger partial charge on any atom is 0.355 e. The van der Waals surface area contributed by atoms with Gasteiger partial charge in [0.05, 0.1) is 23.1 Å². The molecule has 2 aliphatic rings. The number of benzene rings is 1. The number of nitrogens with zero attached hydrogens (tertiary/aromatic N) is 6. The lowest BCUT2D eigenvalue weighted by Crippen LogP contribution is -2.56. The van der Waals surface area contributed by atoms with Crippen molar-refractivity contribution in [2.45, 2.75) is 32.7 Å². The number of aryl methyl sites for hydroxylation is 1. The Morgan fingerprint density at radius 3 is 2.78 bits per heavy atom. The number of carbonyl (C=O) groups is 1. The van der Waals surface area contributed by atoms with Crippen LogP contribution in [0.1, 0.15) is 31.0 Å². The Morgan fingerprint density at radius 1 is 1.24 bits per heavy atom. The molecule has 2 aliphatic heterocycles. The van der Waals surface area contributed by atoms with E-state index in [9.17, 15) is 14.0 Å². The lowest BCUT2D eigenvalue weighted by molar-refractivity contribution is -0.126. The molecule has 9 nitrogen and oxygen atoms in total. The maximum atomic E-state index is 14.3. The predicted octanol–water partition coefficient (Wildman–Crippen LogP) is 4.66. The van der Waals surface area contributed by atoms with Crippen molar-refractivity contribution in [2.75, 3.05) is 31.1 Å². The summed E-state index contributed by atoms with van der Waals surface area (Å²) in [6, 6.07) is 7.48. The third-order valence-corrected chi connectivity index (χ3v) is 7.94. The molecule has 4 aromatic rings. The van der Waals surface area contributed by atoms with E-state index >= 15 is 0 Å². The molecule has 0 unspecified atom stereocenters. The van der Waals surface area contributed by atoms with Crippen LogP contribution in [-0.2, 0) is 4.79 Å². The second kappa shape index (κ2) is 10.3. The first-order chi connectivity index (χ1) is 19.7. The van der Waals surface area contributed by atoms with E-state index in [0.29, 0.717) is 53.5 Å². The van der Waals surface area contributed by atoms with E-state index in [4.69, 9.17) is 21.3 Å². The van der Waals surface area contributed by atoms with Crippen molar-refractivity contribution in [1.82, 2.24) is 24.4 Å². The van der Waals surface area contributed by atoms with Gasteiger partial charge < -0.3 is 14.5 Å². The number of halogens is 2. The highest BCUT2D eigenvalue weighted by Crippen LogP contribution is 2.45. The van der Waals surface area contributed by atoms with E-state index in [1.165, 1.54) is 22.8 Å². The number of hydrogen-bond acceptors (Lipinski definition) is 7. The van der Waals surface area contributed by atoms with Gasteiger partial charge in [0, 0.05) is 31.4 Å². The Kier molecular flexibility index (Phi) is 6.73. The molecule has 1 atom stereocenters. The SMILES string of the molecule is C=CC(=O)N1CCN2c3nc(=O)n(-c4c(C)ccnc4C(C)C)c4nc(-c5cccc(F)c5)c(Cl)c(c34)OC[C@@H]2C1. The van der Waals surface area contributed by atoms with Gasteiger partial charge in [0.2, 0.25) is 5.91 Å². The monoisotopic (exact) mass is 574 g/mol. The second-order valence-electron chi connectivity index (χ2n) is 10.5. The lowest BCUT2D eigenvalue weighted by Gasteiger charge is -2.40. The fourth-order valence-electron chi connectivity index (χ4n) is 5.62. The number of pyridine rings is 2. The Morgan fingerprint density at radius 2 is 2.05 bits per heavy atom. The number of amides is 1. The molecule has 6 rings (SSSR count). The number of aromatic nitrogens is 4. The molecule has 0 radical (unpaired) electrons. The summed E-state index contributed by atoms with van der Waals surface area (Å²) in [5, 5.41) is 0.654. The molecule has 0 saturated carbocycles. The normalized spacial score (nSPS) is 16.4. The van der Waals surface area contributed by atoms with Gasteiger partial charge in [-0.15, -0.1) is 0 Å². The van der Waals surface area contributed by atoms with Crippen molar-refractivity contribution in [3.8, 4) is 22.7 Å². The maximum absolute atomic E-state index is 14.3. The summed E-state index contributed by atoms with van der Waals surface area (Å²) in [5.74, 6) is 0.0523. The summed E-state index contributed by atoms with van der Waals surface area (Å²) < 4.78 is 22.2. The highest BCUT2D eigenvalue weighted by Gasteiger charge is 2.37. The molecule has 0 spiro atoms. The quantitative estimate of drug-likeness (QED) is 0.327. The number of carbonyl (C=O) groups excluding carboxylic acids is 1. The van der Waals surface area contributed by atoms with Crippen LogP contribution in [0.15, 0.2) is 54.0 Å². The van der Waals surface area contributed by atoms with Gasteiger partial charge in [-0.1, -0.05) is 44.2 Å². The van der Waals surface area contributed by atoms with Crippen LogP contribution < -0.4 is 15.3 Å². The first-order valence-electron chi connectivity index (χ1n) is 13.4. The second-order valence-corrected chi connectivity index (χ2v) is 10.9. The first kappa shape index (κ1) is 26.9. The average molecular weight is 575 g/mol. The largest absolute Gasteiger partial charge is 0.489 e.